The van der Waals surface area contributed by atoms with Crippen molar-refractivity contribution in [3.05, 3.63) is 57.8 Å². The lowest BCUT2D eigenvalue weighted by atomic mass is 10.0. The number of nitrogens with two attached hydrogens (primary N) is 1. The van der Waals surface area contributed by atoms with Gasteiger partial charge in [0.15, 0.2) is 0 Å². The van der Waals surface area contributed by atoms with Crippen LogP contribution in [0.5, 0.6) is 0 Å². The van der Waals surface area contributed by atoms with E-state index in [1.165, 1.54) is 12.1 Å². The number of benzene rings is 2. The van der Waals surface area contributed by atoms with Crippen molar-refractivity contribution in [2.45, 2.75) is 0 Å². The van der Waals surface area contributed by atoms with Crippen LogP contribution in [-0.4, -0.2) is 5.91 Å². The molecule has 92 valence electrons. The third-order valence-corrected chi connectivity index (χ3v) is 3.11. The van der Waals surface area contributed by atoms with Gasteiger partial charge >= 0.3 is 0 Å². The van der Waals surface area contributed by atoms with E-state index in [1.807, 2.05) is 0 Å². The number of hydrogen-bond acceptors (Lipinski definition) is 1. The van der Waals surface area contributed by atoms with Gasteiger partial charge in [-0.05, 0) is 30.3 Å². The van der Waals surface area contributed by atoms with Crippen LogP contribution in [0.4, 0.5) is 4.39 Å². The highest BCUT2D eigenvalue weighted by Crippen LogP contribution is 2.36. The zero-order chi connectivity index (χ0) is 13.3. The van der Waals surface area contributed by atoms with E-state index in [9.17, 15) is 9.18 Å². The summed E-state index contributed by atoms with van der Waals surface area (Å²) in [4.78, 5) is 11.1. The first-order chi connectivity index (χ1) is 8.50. The summed E-state index contributed by atoms with van der Waals surface area (Å²) in [6.45, 7) is 0. The molecule has 0 aliphatic rings. The zero-order valence-corrected chi connectivity index (χ0v) is 10.6. The minimum atomic E-state index is -0.639. The molecule has 0 saturated carbocycles. The third kappa shape index (κ3) is 2.33. The van der Waals surface area contributed by atoms with Gasteiger partial charge in [-0.2, -0.15) is 0 Å². The lowest BCUT2D eigenvalue weighted by Gasteiger charge is -2.09. The fraction of sp³-hybridized carbons (Fsp3) is 0. The summed E-state index contributed by atoms with van der Waals surface area (Å²) in [6.07, 6.45) is 0. The van der Waals surface area contributed by atoms with Crippen LogP contribution in [0.3, 0.4) is 0 Å². The van der Waals surface area contributed by atoms with Gasteiger partial charge in [-0.1, -0.05) is 29.3 Å². The number of carbonyl (C=O) groups excluding carboxylic acids is 1. The van der Waals surface area contributed by atoms with Crippen molar-refractivity contribution in [1.29, 1.82) is 0 Å². The number of hydrogen-bond donors (Lipinski definition) is 1. The largest absolute Gasteiger partial charge is 0.366 e. The van der Waals surface area contributed by atoms with Gasteiger partial charge in [-0.15, -0.1) is 0 Å². The second-order valence-electron chi connectivity index (χ2n) is 3.66. The van der Waals surface area contributed by atoms with Gasteiger partial charge in [0.25, 0.3) is 0 Å². The Bertz CT molecular complexity index is 608. The van der Waals surface area contributed by atoms with Gasteiger partial charge in [0.05, 0.1) is 0 Å². The van der Waals surface area contributed by atoms with Crippen LogP contribution in [0.1, 0.15) is 10.4 Å². The Morgan fingerprint density at radius 2 is 1.72 bits per heavy atom. The van der Waals surface area contributed by atoms with Crippen molar-refractivity contribution < 1.29 is 9.18 Å². The quantitative estimate of drug-likeness (QED) is 0.893. The SMILES string of the molecule is NC(=O)c1ccc(F)c(-c2c(Cl)cccc2Cl)c1. The van der Waals surface area contributed by atoms with Crippen LogP contribution < -0.4 is 5.73 Å². The van der Waals surface area contributed by atoms with Crippen LogP contribution in [0.2, 0.25) is 10.0 Å². The molecule has 2 nitrogen and oxygen atoms in total. The highest BCUT2D eigenvalue weighted by Gasteiger charge is 2.14. The fourth-order valence-electron chi connectivity index (χ4n) is 1.63. The lowest BCUT2D eigenvalue weighted by molar-refractivity contribution is 0.100. The molecule has 2 aromatic carbocycles. The Kier molecular flexibility index (Phi) is 3.55. The van der Waals surface area contributed by atoms with Gasteiger partial charge in [0.2, 0.25) is 5.91 Å². The molecule has 0 fully saturated rings. The summed E-state index contributed by atoms with van der Waals surface area (Å²) in [6, 6.07) is 8.66. The summed E-state index contributed by atoms with van der Waals surface area (Å²) in [5, 5.41) is 0.617. The normalized spacial score (nSPS) is 10.4. The number of amides is 1. The standard InChI is InChI=1S/C13H8Cl2FNO/c14-9-2-1-3-10(15)12(9)8-6-7(13(17)18)4-5-11(8)16/h1-6H,(H2,17,18). The monoisotopic (exact) mass is 283 g/mol. The van der Waals surface area contributed by atoms with Gasteiger partial charge in [0, 0.05) is 26.7 Å². The molecule has 0 atom stereocenters. The zero-order valence-electron chi connectivity index (χ0n) is 9.08. The average molecular weight is 284 g/mol. The number of halogens is 3. The fourth-order valence-corrected chi connectivity index (χ4v) is 2.23. The summed E-state index contributed by atoms with van der Waals surface area (Å²) < 4.78 is 13.8. The Morgan fingerprint density at radius 3 is 2.28 bits per heavy atom. The van der Waals surface area contributed by atoms with Gasteiger partial charge < -0.3 is 5.73 Å². The minimum Gasteiger partial charge on any atom is -0.366 e. The average Bonchev–Trinajstić information content (AvgIpc) is 2.30. The van der Waals surface area contributed by atoms with E-state index in [0.29, 0.717) is 15.6 Å². The smallest absolute Gasteiger partial charge is 0.248 e. The topological polar surface area (TPSA) is 43.1 Å². The van der Waals surface area contributed by atoms with E-state index in [4.69, 9.17) is 28.9 Å². The first kappa shape index (κ1) is 12.9. The van der Waals surface area contributed by atoms with Crippen LogP contribution in [-0.2, 0) is 0 Å². The second-order valence-corrected chi connectivity index (χ2v) is 4.47. The molecule has 0 heterocycles. The Balaban J connectivity index is 2.70. The molecule has 1 amide bonds. The molecule has 5 heteroatoms. The maximum absolute atomic E-state index is 13.8. The van der Waals surface area contributed by atoms with Crippen LogP contribution in [0.25, 0.3) is 11.1 Å². The molecule has 0 unspecified atom stereocenters. The van der Waals surface area contributed by atoms with E-state index in [1.54, 1.807) is 18.2 Å². The maximum atomic E-state index is 13.8. The Hall–Kier alpha value is -1.58. The summed E-state index contributed by atoms with van der Waals surface area (Å²) in [5.41, 5.74) is 5.86. The van der Waals surface area contributed by atoms with Gasteiger partial charge in [-0.3, -0.25) is 4.79 Å². The van der Waals surface area contributed by atoms with Crippen molar-refractivity contribution in [2.75, 3.05) is 0 Å². The van der Waals surface area contributed by atoms with E-state index < -0.39 is 11.7 Å². The minimum absolute atomic E-state index is 0.155. The van der Waals surface area contributed by atoms with Crippen LogP contribution in [0.15, 0.2) is 36.4 Å². The van der Waals surface area contributed by atoms with Crippen LogP contribution in [0, 0.1) is 5.82 Å². The van der Waals surface area contributed by atoms with Gasteiger partial charge in [0.1, 0.15) is 5.82 Å². The highest BCUT2D eigenvalue weighted by atomic mass is 35.5. The molecule has 0 radical (unpaired) electrons. The van der Waals surface area contributed by atoms with Crippen molar-refractivity contribution in [2.24, 2.45) is 5.73 Å². The number of primary amides is 1. The van der Waals surface area contributed by atoms with E-state index in [-0.39, 0.29) is 11.1 Å². The predicted molar refractivity (Wildman–Crippen MR) is 70.4 cm³/mol. The second kappa shape index (κ2) is 4.96. The highest BCUT2D eigenvalue weighted by molar-refractivity contribution is 6.39. The van der Waals surface area contributed by atoms with E-state index in [2.05, 4.69) is 0 Å². The van der Waals surface area contributed by atoms with E-state index >= 15 is 0 Å². The van der Waals surface area contributed by atoms with Crippen molar-refractivity contribution in [3.63, 3.8) is 0 Å². The van der Waals surface area contributed by atoms with Crippen molar-refractivity contribution in [3.8, 4) is 11.1 Å². The number of carbonyl (C=O) groups is 1. The molecule has 2 aromatic rings. The molecule has 0 aromatic heterocycles. The molecule has 0 saturated heterocycles. The van der Waals surface area contributed by atoms with Crippen molar-refractivity contribution in [1.82, 2.24) is 0 Å². The van der Waals surface area contributed by atoms with Gasteiger partial charge in [-0.25, -0.2) is 4.39 Å². The molecule has 18 heavy (non-hydrogen) atoms. The number of rotatable bonds is 2. The lowest BCUT2D eigenvalue weighted by Crippen LogP contribution is -2.11. The molecular weight excluding hydrogens is 276 g/mol. The van der Waals surface area contributed by atoms with Crippen molar-refractivity contribution >= 4 is 29.1 Å². The molecule has 2 N–H and O–H groups in total. The molecule has 0 spiro atoms. The first-order valence-electron chi connectivity index (χ1n) is 5.04. The summed E-state index contributed by atoms with van der Waals surface area (Å²) in [5.74, 6) is -1.16. The molecule has 0 aliphatic heterocycles. The molecule has 2 rings (SSSR count). The third-order valence-electron chi connectivity index (χ3n) is 2.48. The molecular formula is C13H8Cl2FNO. The predicted octanol–water partition coefficient (Wildman–Crippen LogP) is 3.90. The Morgan fingerprint density at radius 1 is 1.11 bits per heavy atom. The molecule has 0 aliphatic carbocycles. The summed E-state index contributed by atoms with van der Waals surface area (Å²) in [7, 11) is 0. The molecule has 0 bridgehead atoms. The van der Waals surface area contributed by atoms with Crippen LogP contribution >= 0.6 is 23.2 Å². The van der Waals surface area contributed by atoms with E-state index in [0.717, 1.165) is 6.07 Å². The Labute approximate surface area is 113 Å². The first-order valence-corrected chi connectivity index (χ1v) is 5.80. The summed E-state index contributed by atoms with van der Waals surface area (Å²) >= 11 is 12.0. The maximum Gasteiger partial charge on any atom is 0.248 e.